The van der Waals surface area contributed by atoms with E-state index in [0.29, 0.717) is 28.9 Å². The lowest BCUT2D eigenvalue weighted by atomic mass is 9.88. The molecule has 0 spiro atoms. The Kier molecular flexibility index (Phi) is 8.71. The molecule has 9 nitrogen and oxygen atoms in total. The molecular formula is C27H38N8OS. The van der Waals surface area contributed by atoms with Crippen molar-refractivity contribution in [2.45, 2.75) is 68.5 Å². The average Bonchev–Trinajstić information content (AvgIpc) is 3.41. The van der Waals surface area contributed by atoms with Crippen molar-refractivity contribution >= 4 is 40.8 Å². The third-order valence-electron chi connectivity index (χ3n) is 7.00. The van der Waals surface area contributed by atoms with Gasteiger partial charge in [0, 0.05) is 47.4 Å². The van der Waals surface area contributed by atoms with Gasteiger partial charge in [0.05, 0.1) is 0 Å². The van der Waals surface area contributed by atoms with Crippen LogP contribution in [0.4, 0.5) is 17.3 Å². The van der Waals surface area contributed by atoms with E-state index in [9.17, 15) is 4.79 Å². The normalized spacial score (nSPS) is 18.7. The molecule has 198 valence electrons. The van der Waals surface area contributed by atoms with Gasteiger partial charge >= 0.3 is 0 Å². The largest absolute Gasteiger partial charge is 0.402 e. The minimum atomic E-state index is -0.0133. The number of carbonyl (C=O) groups excluding carboxylic acids is 1. The second-order valence-corrected chi connectivity index (χ2v) is 11.0. The van der Waals surface area contributed by atoms with Crippen molar-refractivity contribution in [3.63, 3.8) is 0 Å². The number of nitrogens with two attached hydrogens (primary N) is 2. The molecule has 0 bridgehead atoms. The maximum Gasteiger partial charge on any atom is 0.224 e. The van der Waals surface area contributed by atoms with Crippen LogP contribution < -0.4 is 21.7 Å². The maximum atomic E-state index is 11.7. The fourth-order valence-corrected chi connectivity index (χ4v) is 5.58. The van der Waals surface area contributed by atoms with Crippen molar-refractivity contribution in [3.8, 4) is 0 Å². The number of aromatic nitrogens is 2. The van der Waals surface area contributed by atoms with E-state index in [1.807, 2.05) is 37.3 Å². The molecule has 2 fully saturated rings. The number of benzene rings is 1. The van der Waals surface area contributed by atoms with Crippen LogP contribution in [0.3, 0.4) is 0 Å². The number of nitrogens with one attached hydrogen (secondary N) is 1. The first-order valence-corrected chi connectivity index (χ1v) is 13.8. The predicted octanol–water partition coefficient (Wildman–Crippen LogP) is 4.28. The molecule has 2 aromatic rings. The molecule has 37 heavy (non-hydrogen) atoms. The van der Waals surface area contributed by atoms with Gasteiger partial charge < -0.3 is 21.7 Å². The summed E-state index contributed by atoms with van der Waals surface area (Å²) in [6.45, 7) is 10.3. The van der Waals surface area contributed by atoms with E-state index in [0.717, 1.165) is 42.3 Å². The zero-order valence-corrected chi connectivity index (χ0v) is 22.9. The average molecular weight is 523 g/mol. The van der Waals surface area contributed by atoms with Gasteiger partial charge in [0.25, 0.3) is 0 Å². The summed E-state index contributed by atoms with van der Waals surface area (Å²) < 4.78 is 0. The molecule has 5 N–H and O–H groups in total. The monoisotopic (exact) mass is 522 g/mol. The summed E-state index contributed by atoms with van der Waals surface area (Å²) in [5.74, 6) is 1.65. The number of allylic oxidation sites excluding steroid dienone is 1. The molecule has 4 rings (SSSR count). The van der Waals surface area contributed by atoms with Gasteiger partial charge in [-0.1, -0.05) is 6.92 Å². The predicted molar refractivity (Wildman–Crippen MR) is 151 cm³/mol. The Morgan fingerprint density at radius 2 is 1.81 bits per heavy atom. The minimum absolute atomic E-state index is 0.0133. The number of carbonyl (C=O) groups is 1. The van der Waals surface area contributed by atoms with E-state index in [1.54, 1.807) is 13.0 Å². The first kappa shape index (κ1) is 26.9. The summed E-state index contributed by atoms with van der Waals surface area (Å²) >= 11 is 1.45. The Labute approximate surface area is 223 Å². The van der Waals surface area contributed by atoms with Crippen LogP contribution >= 0.6 is 11.8 Å². The Morgan fingerprint density at radius 1 is 1.14 bits per heavy atom. The quantitative estimate of drug-likeness (QED) is 0.266. The van der Waals surface area contributed by atoms with Gasteiger partial charge in [-0.3, -0.25) is 9.69 Å². The van der Waals surface area contributed by atoms with Crippen LogP contribution in [0.25, 0.3) is 0 Å². The highest BCUT2D eigenvalue weighted by atomic mass is 32.2. The number of anilines is 2. The van der Waals surface area contributed by atoms with Crippen molar-refractivity contribution in [2.24, 2.45) is 16.5 Å². The van der Waals surface area contributed by atoms with E-state index in [-0.39, 0.29) is 11.4 Å². The highest BCUT2D eigenvalue weighted by molar-refractivity contribution is 7.99. The third-order valence-corrected chi connectivity index (χ3v) is 7.87. The summed E-state index contributed by atoms with van der Waals surface area (Å²) in [5, 5.41) is 3.46. The Bertz CT molecular complexity index is 1150. The fourth-order valence-electron chi connectivity index (χ4n) is 4.82. The van der Waals surface area contributed by atoms with Crippen molar-refractivity contribution in [1.29, 1.82) is 0 Å². The standard InChI is InChI=1S/C27H38N8OS/c1-4-25(36)30-20-7-9-21(10-8-20)37-26-32-23(31-22(29)17-19(2)28)18-24(33-26)34-15-11-27(3,12-16-34)35-13-5-6-14-35/h7-10,17-18H,4-6,11-16,28H2,1-3H3,(H,30,36)(H2,29,31,32,33). The zero-order valence-electron chi connectivity index (χ0n) is 22.0. The van der Waals surface area contributed by atoms with Crippen LogP contribution in [-0.4, -0.2) is 58.3 Å². The number of hydrogen-bond acceptors (Lipinski definition) is 8. The molecule has 1 aromatic carbocycles. The van der Waals surface area contributed by atoms with Crippen LogP contribution in [0.1, 0.15) is 52.9 Å². The van der Waals surface area contributed by atoms with Crippen LogP contribution in [0, 0.1) is 0 Å². The molecule has 0 saturated carbocycles. The van der Waals surface area contributed by atoms with Gasteiger partial charge in [-0.15, -0.1) is 0 Å². The van der Waals surface area contributed by atoms with Crippen LogP contribution in [0.15, 0.2) is 57.1 Å². The Balaban J connectivity index is 1.55. The Morgan fingerprint density at radius 3 is 2.43 bits per heavy atom. The van der Waals surface area contributed by atoms with E-state index in [1.165, 1.54) is 37.7 Å². The van der Waals surface area contributed by atoms with Gasteiger partial charge in [0.1, 0.15) is 11.7 Å². The minimum Gasteiger partial charge on any atom is -0.402 e. The number of rotatable bonds is 8. The lowest BCUT2D eigenvalue weighted by molar-refractivity contribution is -0.115. The second-order valence-electron chi connectivity index (χ2n) is 10.00. The lowest BCUT2D eigenvalue weighted by Crippen LogP contribution is -2.52. The molecule has 2 saturated heterocycles. The molecule has 0 atom stereocenters. The smallest absolute Gasteiger partial charge is 0.224 e. The van der Waals surface area contributed by atoms with E-state index >= 15 is 0 Å². The number of nitrogens with zero attached hydrogens (tertiary/aromatic N) is 5. The molecule has 1 aromatic heterocycles. The van der Waals surface area contributed by atoms with E-state index in [2.05, 4.69) is 32.0 Å². The number of amides is 1. The van der Waals surface area contributed by atoms with Crippen molar-refractivity contribution in [1.82, 2.24) is 14.9 Å². The molecule has 0 radical (unpaired) electrons. The maximum absolute atomic E-state index is 11.7. The number of amidine groups is 1. The molecular weight excluding hydrogens is 484 g/mol. The lowest BCUT2D eigenvalue weighted by Gasteiger charge is -2.45. The number of likely N-dealkylation sites (tertiary alicyclic amines) is 1. The topological polar surface area (TPSA) is 126 Å². The van der Waals surface area contributed by atoms with Crippen LogP contribution in [-0.2, 0) is 4.79 Å². The van der Waals surface area contributed by atoms with Gasteiger partial charge in [-0.2, -0.15) is 0 Å². The number of piperidine rings is 1. The van der Waals surface area contributed by atoms with Crippen molar-refractivity contribution in [2.75, 3.05) is 36.4 Å². The highest BCUT2D eigenvalue weighted by Gasteiger charge is 2.37. The molecule has 3 heterocycles. The molecule has 0 aliphatic carbocycles. The Hall–Kier alpha value is -3.11. The van der Waals surface area contributed by atoms with Crippen LogP contribution in [0.5, 0.6) is 0 Å². The summed E-state index contributed by atoms with van der Waals surface area (Å²) in [5.41, 5.74) is 13.5. The van der Waals surface area contributed by atoms with Crippen LogP contribution in [0.2, 0.25) is 0 Å². The SMILES string of the molecule is CCC(=O)Nc1ccc(Sc2nc(N=C(N)C=C(C)N)cc(N3CCC(C)(N4CCCC4)CC3)n2)cc1. The molecule has 2 aliphatic rings. The van der Waals surface area contributed by atoms with E-state index in [4.69, 9.17) is 16.5 Å². The summed E-state index contributed by atoms with van der Waals surface area (Å²) in [7, 11) is 0. The van der Waals surface area contributed by atoms with Gasteiger partial charge in [-0.05, 0) is 94.7 Å². The third kappa shape index (κ3) is 7.23. The van der Waals surface area contributed by atoms with Crippen molar-refractivity contribution in [3.05, 3.63) is 42.1 Å². The van der Waals surface area contributed by atoms with Gasteiger partial charge in [0.2, 0.25) is 5.91 Å². The number of aliphatic imine (C=N–C) groups is 1. The summed E-state index contributed by atoms with van der Waals surface area (Å²) in [4.78, 5) is 31.7. The van der Waals surface area contributed by atoms with Crippen molar-refractivity contribution < 1.29 is 4.79 Å². The first-order valence-electron chi connectivity index (χ1n) is 13.0. The second kappa shape index (κ2) is 12.0. The molecule has 0 unspecified atom stereocenters. The highest BCUT2D eigenvalue weighted by Crippen LogP contribution is 2.35. The van der Waals surface area contributed by atoms with E-state index < -0.39 is 0 Å². The number of hydrogen-bond donors (Lipinski definition) is 3. The fraction of sp³-hybridized carbons (Fsp3) is 0.481. The van der Waals surface area contributed by atoms with Gasteiger partial charge in [-0.25, -0.2) is 15.0 Å². The molecule has 2 aliphatic heterocycles. The zero-order chi connectivity index (χ0) is 26.4. The summed E-state index contributed by atoms with van der Waals surface area (Å²) in [6.07, 6.45) is 6.87. The first-order chi connectivity index (χ1) is 17.7. The molecule has 10 heteroatoms. The molecule has 1 amide bonds. The van der Waals surface area contributed by atoms with Gasteiger partial charge in [0.15, 0.2) is 11.0 Å². The summed E-state index contributed by atoms with van der Waals surface area (Å²) in [6, 6.07) is 9.57.